The van der Waals surface area contributed by atoms with Crippen molar-refractivity contribution in [1.82, 2.24) is 9.88 Å². The van der Waals surface area contributed by atoms with Crippen LogP contribution >= 0.6 is 0 Å². The summed E-state index contributed by atoms with van der Waals surface area (Å²) in [7, 11) is 1.57. The van der Waals surface area contributed by atoms with Gasteiger partial charge in [0.1, 0.15) is 11.3 Å². The van der Waals surface area contributed by atoms with Crippen molar-refractivity contribution >= 4 is 34.3 Å². The van der Waals surface area contributed by atoms with Crippen LogP contribution in [0, 0.1) is 6.92 Å². The molecule has 3 aromatic rings. The maximum absolute atomic E-state index is 12.6. The van der Waals surface area contributed by atoms with E-state index in [0.29, 0.717) is 28.1 Å². The maximum atomic E-state index is 12.6. The third-order valence-electron chi connectivity index (χ3n) is 4.87. The van der Waals surface area contributed by atoms with Crippen LogP contribution in [-0.4, -0.2) is 41.3 Å². The molecule has 1 aliphatic heterocycles. The number of amides is 3. The lowest BCUT2D eigenvalue weighted by Gasteiger charge is -2.15. The molecule has 0 unspecified atom stereocenters. The van der Waals surface area contributed by atoms with E-state index in [1.165, 1.54) is 0 Å². The van der Waals surface area contributed by atoms with Gasteiger partial charge in [-0.05, 0) is 31.2 Å². The van der Waals surface area contributed by atoms with Gasteiger partial charge in [0.2, 0.25) is 5.91 Å². The van der Waals surface area contributed by atoms with Crippen molar-refractivity contribution in [1.29, 1.82) is 0 Å². The lowest BCUT2D eigenvalue weighted by molar-refractivity contribution is -0.116. The third kappa shape index (κ3) is 3.31. The molecular weight excluding hydrogens is 370 g/mol. The minimum Gasteiger partial charge on any atom is -0.494 e. The van der Waals surface area contributed by atoms with Crippen LogP contribution in [0.1, 0.15) is 32.8 Å². The molecule has 4 rings (SSSR count). The van der Waals surface area contributed by atoms with Crippen LogP contribution < -0.4 is 10.1 Å². The molecule has 29 heavy (non-hydrogen) atoms. The number of imide groups is 1. The standard InChI is InChI=1S/C22H19N3O4/c1-13-12-17(16-8-5-9-18(29-2)20(16)23-13)24-19(26)10-11-25-21(27)14-6-3-4-7-15(14)22(25)28/h3-9,12H,10-11H2,1-2H3,(H,23,24,26). The van der Waals surface area contributed by atoms with Crippen molar-refractivity contribution < 1.29 is 19.1 Å². The van der Waals surface area contributed by atoms with E-state index in [9.17, 15) is 14.4 Å². The van der Waals surface area contributed by atoms with Gasteiger partial charge < -0.3 is 10.1 Å². The summed E-state index contributed by atoms with van der Waals surface area (Å²) in [5, 5.41) is 3.62. The van der Waals surface area contributed by atoms with Crippen molar-refractivity contribution in [3.8, 4) is 5.75 Å². The van der Waals surface area contributed by atoms with E-state index in [1.54, 1.807) is 37.4 Å². The summed E-state index contributed by atoms with van der Waals surface area (Å²) in [6.07, 6.45) is -0.00169. The molecule has 0 saturated heterocycles. The summed E-state index contributed by atoms with van der Waals surface area (Å²) in [6, 6.07) is 13.9. The van der Waals surface area contributed by atoms with Crippen LogP contribution in [0.2, 0.25) is 0 Å². The fraction of sp³-hybridized carbons (Fsp3) is 0.182. The predicted molar refractivity (Wildman–Crippen MR) is 108 cm³/mol. The van der Waals surface area contributed by atoms with Gasteiger partial charge in [-0.1, -0.05) is 24.3 Å². The number of fused-ring (bicyclic) bond motifs is 2. The second-order valence-corrected chi connectivity index (χ2v) is 6.77. The molecule has 146 valence electrons. The molecule has 0 aliphatic carbocycles. The molecule has 1 aliphatic rings. The fourth-order valence-corrected chi connectivity index (χ4v) is 3.49. The molecule has 0 atom stereocenters. The number of methoxy groups -OCH3 is 1. The van der Waals surface area contributed by atoms with Crippen LogP contribution in [-0.2, 0) is 4.79 Å². The van der Waals surface area contributed by atoms with Gasteiger partial charge in [0, 0.05) is 24.0 Å². The number of nitrogens with one attached hydrogen (secondary N) is 1. The minimum absolute atomic E-state index is 0.00169. The number of pyridine rings is 1. The van der Waals surface area contributed by atoms with Gasteiger partial charge >= 0.3 is 0 Å². The van der Waals surface area contributed by atoms with E-state index < -0.39 is 0 Å². The lowest BCUT2D eigenvalue weighted by Crippen LogP contribution is -2.32. The van der Waals surface area contributed by atoms with E-state index in [-0.39, 0.29) is 30.7 Å². The molecule has 3 amide bonds. The molecule has 0 saturated carbocycles. The van der Waals surface area contributed by atoms with Crippen molar-refractivity contribution in [2.24, 2.45) is 0 Å². The van der Waals surface area contributed by atoms with Crippen LogP contribution in [0.15, 0.2) is 48.5 Å². The zero-order valence-electron chi connectivity index (χ0n) is 16.1. The molecule has 1 aromatic heterocycles. The number of para-hydroxylation sites is 1. The topological polar surface area (TPSA) is 88.6 Å². The van der Waals surface area contributed by atoms with Gasteiger partial charge in [-0.2, -0.15) is 0 Å². The number of hydrogen-bond donors (Lipinski definition) is 1. The van der Waals surface area contributed by atoms with Gasteiger partial charge in [-0.3, -0.25) is 19.3 Å². The number of benzene rings is 2. The molecule has 7 nitrogen and oxygen atoms in total. The molecule has 2 heterocycles. The highest BCUT2D eigenvalue weighted by molar-refractivity contribution is 6.21. The summed E-state index contributed by atoms with van der Waals surface area (Å²) in [6.45, 7) is 1.85. The zero-order chi connectivity index (χ0) is 20.5. The quantitative estimate of drug-likeness (QED) is 0.677. The number of anilines is 1. The largest absolute Gasteiger partial charge is 0.494 e. The van der Waals surface area contributed by atoms with Crippen LogP contribution in [0.4, 0.5) is 5.69 Å². The van der Waals surface area contributed by atoms with Crippen molar-refractivity contribution in [3.05, 3.63) is 65.4 Å². The lowest BCUT2D eigenvalue weighted by atomic mass is 10.1. The average molecular weight is 389 g/mol. The summed E-state index contributed by atoms with van der Waals surface area (Å²) in [5.41, 5.74) is 2.75. The Labute approximate surface area is 167 Å². The van der Waals surface area contributed by atoms with E-state index in [0.717, 1.165) is 16.0 Å². The second kappa shape index (κ2) is 7.35. The van der Waals surface area contributed by atoms with Gasteiger partial charge in [-0.15, -0.1) is 0 Å². The molecule has 0 bridgehead atoms. The Hall–Kier alpha value is -3.74. The maximum Gasteiger partial charge on any atom is 0.261 e. The Balaban J connectivity index is 1.50. The Bertz CT molecular complexity index is 1120. The normalized spacial score (nSPS) is 13.0. The van der Waals surface area contributed by atoms with Crippen LogP contribution in [0.5, 0.6) is 5.75 Å². The first kappa shape index (κ1) is 18.6. The number of aromatic nitrogens is 1. The number of ether oxygens (including phenoxy) is 1. The van der Waals surface area contributed by atoms with Gasteiger partial charge in [0.15, 0.2) is 0 Å². The van der Waals surface area contributed by atoms with Crippen LogP contribution in [0.3, 0.4) is 0 Å². The van der Waals surface area contributed by atoms with E-state index in [2.05, 4.69) is 10.3 Å². The molecule has 0 spiro atoms. The SMILES string of the molecule is COc1cccc2c(NC(=O)CCN3C(=O)c4ccccc4C3=O)cc(C)nc12. The molecule has 0 radical (unpaired) electrons. The first-order valence-corrected chi connectivity index (χ1v) is 9.19. The molecule has 7 heteroatoms. The third-order valence-corrected chi connectivity index (χ3v) is 4.87. The first-order valence-electron chi connectivity index (χ1n) is 9.19. The van der Waals surface area contributed by atoms with Crippen LogP contribution in [0.25, 0.3) is 10.9 Å². The summed E-state index contributed by atoms with van der Waals surface area (Å²) >= 11 is 0. The summed E-state index contributed by atoms with van der Waals surface area (Å²) in [4.78, 5) is 43.0. The predicted octanol–water partition coefficient (Wildman–Crippen LogP) is 3.18. The first-order chi connectivity index (χ1) is 14.0. The van der Waals surface area contributed by atoms with Gasteiger partial charge in [-0.25, -0.2) is 4.98 Å². The van der Waals surface area contributed by atoms with E-state index >= 15 is 0 Å². The van der Waals surface area contributed by atoms with E-state index in [4.69, 9.17) is 4.74 Å². The average Bonchev–Trinajstić information content (AvgIpc) is 2.96. The number of hydrogen-bond acceptors (Lipinski definition) is 5. The Morgan fingerprint density at radius 3 is 2.41 bits per heavy atom. The smallest absolute Gasteiger partial charge is 0.261 e. The number of aryl methyl sites for hydroxylation is 1. The monoisotopic (exact) mass is 389 g/mol. The molecule has 2 aromatic carbocycles. The summed E-state index contributed by atoms with van der Waals surface area (Å²) in [5.74, 6) is -0.411. The highest BCUT2D eigenvalue weighted by Gasteiger charge is 2.34. The fourth-order valence-electron chi connectivity index (χ4n) is 3.49. The second-order valence-electron chi connectivity index (χ2n) is 6.77. The Kier molecular flexibility index (Phi) is 4.72. The van der Waals surface area contributed by atoms with Gasteiger partial charge in [0.25, 0.3) is 11.8 Å². The van der Waals surface area contributed by atoms with Crippen molar-refractivity contribution in [2.75, 3.05) is 19.0 Å². The number of nitrogens with zero attached hydrogens (tertiary/aromatic N) is 2. The number of rotatable bonds is 5. The molecular formula is C22H19N3O4. The number of carbonyl (C=O) groups is 3. The molecule has 1 N–H and O–H groups in total. The zero-order valence-corrected chi connectivity index (χ0v) is 16.1. The van der Waals surface area contributed by atoms with Gasteiger partial charge in [0.05, 0.1) is 23.9 Å². The summed E-state index contributed by atoms with van der Waals surface area (Å²) < 4.78 is 5.35. The Morgan fingerprint density at radius 1 is 1.07 bits per heavy atom. The number of carbonyl (C=O) groups excluding carboxylic acids is 3. The Morgan fingerprint density at radius 2 is 1.76 bits per heavy atom. The van der Waals surface area contributed by atoms with Crippen molar-refractivity contribution in [3.63, 3.8) is 0 Å². The van der Waals surface area contributed by atoms with Crippen molar-refractivity contribution in [2.45, 2.75) is 13.3 Å². The highest BCUT2D eigenvalue weighted by Crippen LogP contribution is 2.30. The molecule has 0 fully saturated rings. The van der Waals surface area contributed by atoms with E-state index in [1.807, 2.05) is 25.1 Å². The minimum atomic E-state index is -0.367. The highest BCUT2D eigenvalue weighted by atomic mass is 16.5.